The van der Waals surface area contributed by atoms with Gasteiger partial charge in [-0.15, -0.1) is 0 Å². The zero-order valence-electron chi connectivity index (χ0n) is 13.2. The lowest BCUT2D eigenvalue weighted by molar-refractivity contribution is -0.132. The van der Waals surface area contributed by atoms with Crippen molar-refractivity contribution in [3.63, 3.8) is 0 Å². The van der Waals surface area contributed by atoms with Crippen LogP contribution in [0.4, 0.5) is 4.79 Å². The lowest BCUT2D eigenvalue weighted by Gasteiger charge is -2.28. The van der Waals surface area contributed by atoms with Crippen molar-refractivity contribution in [3.8, 4) is 6.07 Å². The zero-order valence-corrected chi connectivity index (χ0v) is 13.2. The number of carbonyl (C=O) groups is 2. The van der Waals surface area contributed by atoms with Crippen LogP contribution in [-0.4, -0.2) is 22.4 Å². The summed E-state index contributed by atoms with van der Waals surface area (Å²) in [4.78, 5) is 26.5. The summed E-state index contributed by atoms with van der Waals surface area (Å²) in [7, 11) is 0. The Kier molecular flexibility index (Phi) is 4.33. The first kappa shape index (κ1) is 15.5. The van der Waals surface area contributed by atoms with Crippen molar-refractivity contribution in [1.29, 1.82) is 5.26 Å². The molecule has 2 fully saturated rings. The lowest BCUT2D eigenvalue weighted by atomic mass is 9.84. The third-order valence-electron chi connectivity index (χ3n) is 4.85. The first-order valence-corrected chi connectivity index (χ1v) is 8.28. The molecule has 0 bridgehead atoms. The number of hydrogen-bond donors (Lipinski definition) is 1. The van der Waals surface area contributed by atoms with Crippen molar-refractivity contribution in [2.24, 2.45) is 0 Å². The Morgan fingerprint density at radius 1 is 1.13 bits per heavy atom. The first-order valence-electron chi connectivity index (χ1n) is 8.28. The van der Waals surface area contributed by atoms with Crippen molar-refractivity contribution in [2.75, 3.05) is 0 Å². The van der Waals surface area contributed by atoms with Crippen LogP contribution in [0.3, 0.4) is 0 Å². The van der Waals surface area contributed by atoms with Crippen LogP contribution in [0.2, 0.25) is 0 Å². The molecule has 23 heavy (non-hydrogen) atoms. The van der Waals surface area contributed by atoms with Crippen LogP contribution >= 0.6 is 0 Å². The minimum atomic E-state index is -0.704. The van der Waals surface area contributed by atoms with Crippen molar-refractivity contribution in [3.05, 3.63) is 35.4 Å². The second-order valence-electron chi connectivity index (χ2n) is 6.48. The normalized spacial score (nSPS) is 20.7. The maximum atomic E-state index is 12.9. The van der Waals surface area contributed by atoms with Gasteiger partial charge in [-0.3, -0.25) is 9.69 Å². The summed E-state index contributed by atoms with van der Waals surface area (Å²) in [6.07, 6.45) is 6.86. The summed E-state index contributed by atoms with van der Waals surface area (Å²) < 4.78 is 0. The standard InChI is InChI=1S/C18H21N3O2/c19-12-14-7-6-8-15(11-14)13-21-16(22)18(20-17(21)23)9-4-2-1-3-5-10-18/h6-8,11H,1-5,9-10,13H2,(H,20,23). The number of benzene rings is 1. The number of rotatable bonds is 2. The first-order chi connectivity index (χ1) is 11.1. The summed E-state index contributed by atoms with van der Waals surface area (Å²) >= 11 is 0. The zero-order chi connectivity index (χ0) is 16.3. The van der Waals surface area contributed by atoms with Gasteiger partial charge in [0, 0.05) is 0 Å². The van der Waals surface area contributed by atoms with Crippen molar-refractivity contribution >= 4 is 11.9 Å². The van der Waals surface area contributed by atoms with Crippen LogP contribution in [0.25, 0.3) is 0 Å². The van der Waals surface area contributed by atoms with E-state index in [1.165, 1.54) is 11.3 Å². The molecule has 1 aromatic rings. The molecule has 2 aliphatic rings. The van der Waals surface area contributed by atoms with Gasteiger partial charge < -0.3 is 5.32 Å². The third-order valence-corrected chi connectivity index (χ3v) is 4.85. The second-order valence-corrected chi connectivity index (χ2v) is 6.48. The van der Waals surface area contributed by atoms with Crippen molar-refractivity contribution in [1.82, 2.24) is 10.2 Å². The van der Waals surface area contributed by atoms with Crippen LogP contribution < -0.4 is 5.32 Å². The molecule has 0 aromatic heterocycles. The number of nitrogens with one attached hydrogen (secondary N) is 1. The van der Waals surface area contributed by atoms with Gasteiger partial charge in [-0.1, -0.05) is 44.2 Å². The fourth-order valence-electron chi connectivity index (χ4n) is 3.59. The van der Waals surface area contributed by atoms with E-state index in [1.807, 2.05) is 6.07 Å². The molecule has 0 atom stereocenters. The van der Waals surface area contributed by atoms with Crippen molar-refractivity contribution in [2.45, 2.75) is 57.0 Å². The molecule has 3 rings (SSSR count). The van der Waals surface area contributed by atoms with Gasteiger partial charge in [0.05, 0.1) is 18.2 Å². The summed E-state index contributed by atoms with van der Waals surface area (Å²) in [5, 5.41) is 11.9. The number of urea groups is 1. The largest absolute Gasteiger partial charge is 0.325 e. The predicted molar refractivity (Wildman–Crippen MR) is 85.3 cm³/mol. The fourth-order valence-corrected chi connectivity index (χ4v) is 3.59. The number of carbonyl (C=O) groups excluding carboxylic acids is 2. The van der Waals surface area contributed by atoms with E-state index < -0.39 is 5.54 Å². The van der Waals surface area contributed by atoms with Gasteiger partial charge in [0.25, 0.3) is 5.91 Å². The summed E-state index contributed by atoms with van der Waals surface area (Å²) in [6.45, 7) is 0.224. The van der Waals surface area contributed by atoms with Crippen LogP contribution in [0.5, 0.6) is 0 Å². The van der Waals surface area contributed by atoms with Gasteiger partial charge in [0.2, 0.25) is 0 Å². The van der Waals surface area contributed by atoms with Gasteiger partial charge in [-0.05, 0) is 30.5 Å². The minimum Gasteiger partial charge on any atom is -0.323 e. The number of hydrogen-bond acceptors (Lipinski definition) is 3. The highest BCUT2D eigenvalue weighted by Gasteiger charge is 2.50. The molecule has 0 unspecified atom stereocenters. The van der Waals surface area contributed by atoms with Crippen molar-refractivity contribution < 1.29 is 9.59 Å². The van der Waals surface area contributed by atoms with Gasteiger partial charge >= 0.3 is 6.03 Å². The Hall–Kier alpha value is -2.35. The molecule has 1 N–H and O–H groups in total. The molecule has 1 aromatic carbocycles. The molecule has 1 aliphatic heterocycles. The van der Waals surface area contributed by atoms with Crippen LogP contribution in [0.15, 0.2) is 24.3 Å². The molecule has 3 amide bonds. The van der Waals surface area contributed by atoms with E-state index in [1.54, 1.807) is 18.2 Å². The predicted octanol–water partition coefficient (Wildman–Crippen LogP) is 3.09. The molecule has 5 heteroatoms. The van der Waals surface area contributed by atoms with E-state index in [2.05, 4.69) is 11.4 Å². The Balaban J connectivity index is 1.79. The summed E-state index contributed by atoms with van der Waals surface area (Å²) in [5.74, 6) is -0.105. The van der Waals surface area contributed by atoms with Crippen LogP contribution in [0, 0.1) is 11.3 Å². The smallest absolute Gasteiger partial charge is 0.323 e. The Morgan fingerprint density at radius 3 is 2.52 bits per heavy atom. The molecule has 5 nitrogen and oxygen atoms in total. The van der Waals surface area contributed by atoms with E-state index in [4.69, 9.17) is 5.26 Å². The maximum Gasteiger partial charge on any atom is 0.325 e. The fraction of sp³-hybridized carbons (Fsp3) is 0.500. The van der Waals surface area contributed by atoms with E-state index in [9.17, 15) is 9.59 Å². The van der Waals surface area contributed by atoms with Gasteiger partial charge in [-0.25, -0.2) is 4.79 Å². The molecular formula is C18H21N3O2. The van der Waals surface area contributed by atoms with Crippen LogP contribution in [-0.2, 0) is 11.3 Å². The van der Waals surface area contributed by atoms with Gasteiger partial charge in [0.15, 0.2) is 0 Å². The van der Waals surface area contributed by atoms with E-state index in [-0.39, 0.29) is 18.5 Å². The Bertz CT molecular complexity index is 654. The topological polar surface area (TPSA) is 73.2 Å². The van der Waals surface area contributed by atoms with E-state index in [0.29, 0.717) is 5.56 Å². The summed E-state index contributed by atoms with van der Waals surface area (Å²) in [6, 6.07) is 8.83. The highest BCUT2D eigenvalue weighted by atomic mass is 16.2. The minimum absolute atomic E-state index is 0.105. The molecule has 1 spiro atoms. The second kappa shape index (κ2) is 6.41. The van der Waals surface area contributed by atoms with Crippen LogP contribution in [0.1, 0.15) is 56.1 Å². The summed E-state index contributed by atoms with van der Waals surface area (Å²) in [5.41, 5.74) is 0.635. The third kappa shape index (κ3) is 3.07. The molecule has 1 heterocycles. The highest BCUT2D eigenvalue weighted by Crippen LogP contribution is 2.32. The number of nitriles is 1. The van der Waals surface area contributed by atoms with Gasteiger partial charge in [-0.2, -0.15) is 5.26 Å². The number of nitrogens with zero attached hydrogens (tertiary/aromatic N) is 2. The Morgan fingerprint density at radius 2 is 1.83 bits per heavy atom. The molecule has 1 saturated heterocycles. The average Bonchev–Trinajstić information content (AvgIpc) is 2.76. The molecule has 0 radical (unpaired) electrons. The molecule has 1 aliphatic carbocycles. The quantitative estimate of drug-likeness (QED) is 0.853. The van der Waals surface area contributed by atoms with E-state index >= 15 is 0 Å². The monoisotopic (exact) mass is 311 g/mol. The Labute approximate surface area is 136 Å². The maximum absolute atomic E-state index is 12.9. The van der Waals surface area contributed by atoms with E-state index in [0.717, 1.165) is 44.1 Å². The lowest BCUT2D eigenvalue weighted by Crippen LogP contribution is -2.47. The molecular weight excluding hydrogens is 290 g/mol. The average molecular weight is 311 g/mol. The number of amides is 3. The van der Waals surface area contributed by atoms with Gasteiger partial charge in [0.1, 0.15) is 5.54 Å². The molecule has 120 valence electrons. The highest BCUT2D eigenvalue weighted by molar-refractivity contribution is 6.07. The molecule has 1 saturated carbocycles. The number of imide groups is 1. The SMILES string of the molecule is N#Cc1cccc(CN2C(=O)NC3(CCCCCCC3)C2=O)c1.